The molecule has 0 bridgehead atoms. The van der Waals surface area contributed by atoms with Gasteiger partial charge in [0.2, 0.25) is 0 Å². The first-order chi connectivity index (χ1) is 15.7. The van der Waals surface area contributed by atoms with Crippen LogP contribution in [0.1, 0.15) is 71.5 Å². The highest BCUT2D eigenvalue weighted by Gasteiger charge is 2.23. The van der Waals surface area contributed by atoms with Crippen LogP contribution in [-0.2, 0) is 24.0 Å². The lowest BCUT2D eigenvalue weighted by molar-refractivity contribution is 0.0924. The molecule has 0 aliphatic rings. The van der Waals surface area contributed by atoms with Crippen LogP contribution in [-0.4, -0.2) is 19.0 Å². The quantitative estimate of drug-likeness (QED) is 0.309. The standard InChI is InChI=1S/C26H35NO5S/c1-17(2)10-11-21-12-13-22(33-21)16-19(4)24(28)23-18(3)15-20(32-25(23)29)9-7-6-8-14-27-26(30)31-5/h8,12-15,17,19H,6-7,9-11,16H2,1-5H3,(H,27,30)/b14-8+. The predicted octanol–water partition coefficient (Wildman–Crippen LogP) is 5.85. The van der Waals surface area contributed by atoms with Crippen LogP contribution in [0.2, 0.25) is 0 Å². The number of Topliss-reactive ketones (excluding diaryl/α,β-unsaturated/α-hetero) is 1. The highest BCUT2D eigenvalue weighted by Crippen LogP contribution is 2.24. The van der Waals surface area contributed by atoms with Crippen LogP contribution in [0.3, 0.4) is 0 Å². The Morgan fingerprint density at radius 2 is 1.91 bits per heavy atom. The van der Waals surface area contributed by atoms with Crippen molar-refractivity contribution in [1.82, 2.24) is 5.32 Å². The summed E-state index contributed by atoms with van der Waals surface area (Å²) >= 11 is 1.75. The molecule has 1 unspecified atom stereocenters. The third kappa shape index (κ3) is 8.65. The number of ether oxygens (including phenoxy) is 1. The number of carbonyl (C=O) groups is 2. The molecule has 2 rings (SSSR count). The number of nitrogens with one attached hydrogen (secondary N) is 1. The summed E-state index contributed by atoms with van der Waals surface area (Å²) in [5, 5.41) is 2.46. The van der Waals surface area contributed by atoms with Gasteiger partial charge in [0.1, 0.15) is 11.3 Å². The molecule has 0 radical (unpaired) electrons. The van der Waals surface area contributed by atoms with Gasteiger partial charge in [-0.2, -0.15) is 0 Å². The molecule has 0 aliphatic carbocycles. The number of amides is 1. The summed E-state index contributed by atoms with van der Waals surface area (Å²) in [7, 11) is 1.30. The second-order valence-corrected chi connectivity index (χ2v) is 10.0. The molecule has 1 N–H and O–H groups in total. The number of allylic oxidation sites excluding steroid dienone is 1. The average Bonchev–Trinajstić information content (AvgIpc) is 3.21. The minimum absolute atomic E-state index is 0.157. The molecule has 6 nitrogen and oxygen atoms in total. The maximum absolute atomic E-state index is 13.0. The number of alkyl carbamates (subject to hydrolysis) is 1. The van der Waals surface area contributed by atoms with E-state index in [0.29, 0.717) is 36.5 Å². The Morgan fingerprint density at radius 3 is 2.58 bits per heavy atom. The van der Waals surface area contributed by atoms with E-state index >= 15 is 0 Å². The molecule has 0 fully saturated rings. The number of ketones is 1. The first-order valence-electron chi connectivity index (χ1n) is 11.5. The fourth-order valence-electron chi connectivity index (χ4n) is 3.49. The summed E-state index contributed by atoms with van der Waals surface area (Å²) in [4.78, 5) is 39.1. The molecule has 2 aromatic rings. The first kappa shape index (κ1) is 26.6. The molecule has 1 amide bonds. The topological polar surface area (TPSA) is 85.6 Å². The Kier molecular flexibility index (Phi) is 10.6. The normalized spacial score (nSPS) is 12.3. The third-order valence-electron chi connectivity index (χ3n) is 5.38. The summed E-state index contributed by atoms with van der Waals surface area (Å²) in [6.07, 6.45) is 7.65. The lowest BCUT2D eigenvalue weighted by atomic mass is 9.94. The van der Waals surface area contributed by atoms with Gasteiger partial charge in [0.15, 0.2) is 5.78 Å². The second-order valence-electron chi connectivity index (χ2n) is 8.76. The van der Waals surface area contributed by atoms with E-state index in [9.17, 15) is 14.4 Å². The van der Waals surface area contributed by atoms with E-state index in [-0.39, 0.29) is 17.3 Å². The maximum atomic E-state index is 13.0. The van der Waals surface area contributed by atoms with Crippen molar-refractivity contribution in [3.63, 3.8) is 0 Å². The van der Waals surface area contributed by atoms with Crippen molar-refractivity contribution in [1.29, 1.82) is 0 Å². The minimum Gasteiger partial charge on any atom is -0.453 e. The summed E-state index contributed by atoms with van der Waals surface area (Å²) in [5.41, 5.74) is 0.253. The predicted molar refractivity (Wildman–Crippen MR) is 132 cm³/mol. The number of hydrogen-bond acceptors (Lipinski definition) is 6. The van der Waals surface area contributed by atoms with Gasteiger partial charge in [0.05, 0.1) is 7.11 Å². The Morgan fingerprint density at radius 1 is 1.18 bits per heavy atom. The van der Waals surface area contributed by atoms with Crippen molar-refractivity contribution in [3.05, 3.63) is 67.5 Å². The van der Waals surface area contributed by atoms with Crippen LogP contribution in [0.4, 0.5) is 4.79 Å². The highest BCUT2D eigenvalue weighted by molar-refractivity contribution is 7.12. The fraction of sp³-hybridized carbons (Fsp3) is 0.500. The molecule has 0 aliphatic heterocycles. The molecule has 1 atom stereocenters. The van der Waals surface area contributed by atoms with Crippen LogP contribution in [0.25, 0.3) is 0 Å². The van der Waals surface area contributed by atoms with E-state index in [1.807, 2.05) is 6.92 Å². The van der Waals surface area contributed by atoms with E-state index in [4.69, 9.17) is 4.42 Å². The molecule has 0 saturated heterocycles. The number of aryl methyl sites for hydroxylation is 3. The number of carbonyl (C=O) groups excluding carboxylic acids is 2. The molecule has 7 heteroatoms. The van der Waals surface area contributed by atoms with Gasteiger partial charge in [0, 0.05) is 28.3 Å². The van der Waals surface area contributed by atoms with E-state index in [2.05, 4.69) is 36.0 Å². The fourth-order valence-corrected chi connectivity index (χ4v) is 4.66. The van der Waals surface area contributed by atoms with E-state index in [1.165, 1.54) is 23.1 Å². The van der Waals surface area contributed by atoms with Gasteiger partial charge in [-0.15, -0.1) is 11.3 Å². The minimum atomic E-state index is -0.562. The van der Waals surface area contributed by atoms with Gasteiger partial charge in [-0.25, -0.2) is 9.59 Å². The van der Waals surface area contributed by atoms with Crippen LogP contribution < -0.4 is 10.9 Å². The number of rotatable bonds is 12. The van der Waals surface area contributed by atoms with E-state index in [1.54, 1.807) is 30.4 Å². The smallest absolute Gasteiger partial charge is 0.410 e. The number of thiophene rings is 1. The zero-order chi connectivity index (χ0) is 24.4. The van der Waals surface area contributed by atoms with E-state index in [0.717, 1.165) is 19.3 Å². The monoisotopic (exact) mass is 473 g/mol. The molecule has 0 saturated carbocycles. The summed E-state index contributed by atoms with van der Waals surface area (Å²) < 4.78 is 9.92. The molecule has 2 aromatic heterocycles. The van der Waals surface area contributed by atoms with Crippen molar-refractivity contribution in [2.24, 2.45) is 11.8 Å². The van der Waals surface area contributed by atoms with Crippen molar-refractivity contribution >= 4 is 23.2 Å². The Bertz CT molecular complexity index is 1020. The van der Waals surface area contributed by atoms with Crippen molar-refractivity contribution < 1.29 is 18.7 Å². The van der Waals surface area contributed by atoms with Crippen molar-refractivity contribution in [2.75, 3.05) is 7.11 Å². The van der Waals surface area contributed by atoms with Crippen LogP contribution in [0, 0.1) is 18.8 Å². The SMILES string of the molecule is COC(=O)N/C=C/CCCc1cc(C)c(C(=O)C(C)Cc2ccc(CCC(C)C)s2)c(=O)o1. The average molecular weight is 474 g/mol. The Hall–Kier alpha value is -2.67. The van der Waals surface area contributed by atoms with Gasteiger partial charge in [-0.3, -0.25) is 10.1 Å². The van der Waals surface area contributed by atoms with Crippen molar-refractivity contribution in [2.45, 2.75) is 66.2 Å². The third-order valence-corrected chi connectivity index (χ3v) is 6.55. The molecule has 2 heterocycles. The number of unbranched alkanes of at least 4 members (excludes halogenated alkanes) is 1. The van der Waals surface area contributed by atoms with Crippen LogP contribution in [0.5, 0.6) is 0 Å². The summed E-state index contributed by atoms with van der Waals surface area (Å²) in [6, 6.07) is 6.03. The van der Waals surface area contributed by atoms with Gasteiger partial charge < -0.3 is 9.15 Å². The maximum Gasteiger partial charge on any atom is 0.410 e. The largest absolute Gasteiger partial charge is 0.453 e. The van der Waals surface area contributed by atoms with Gasteiger partial charge in [-0.1, -0.05) is 26.8 Å². The van der Waals surface area contributed by atoms with Crippen LogP contribution in [0.15, 0.2) is 39.7 Å². The lowest BCUT2D eigenvalue weighted by Gasteiger charge is -2.11. The van der Waals surface area contributed by atoms with Crippen LogP contribution >= 0.6 is 11.3 Å². The first-order valence-corrected chi connectivity index (χ1v) is 12.3. The molecule has 33 heavy (non-hydrogen) atoms. The Labute approximate surface area is 200 Å². The lowest BCUT2D eigenvalue weighted by Crippen LogP contribution is -2.23. The highest BCUT2D eigenvalue weighted by atomic mass is 32.1. The summed E-state index contributed by atoms with van der Waals surface area (Å²) in [5.74, 6) is 0.772. The molecule has 0 spiro atoms. The zero-order valence-electron chi connectivity index (χ0n) is 20.2. The second kappa shape index (κ2) is 13.1. The van der Waals surface area contributed by atoms with Gasteiger partial charge in [-0.05, 0) is 68.7 Å². The number of methoxy groups -OCH3 is 1. The molecular weight excluding hydrogens is 438 g/mol. The Balaban J connectivity index is 1.94. The molecule has 0 aromatic carbocycles. The van der Waals surface area contributed by atoms with Crippen molar-refractivity contribution in [3.8, 4) is 0 Å². The summed E-state index contributed by atoms with van der Waals surface area (Å²) in [6.45, 7) is 8.10. The van der Waals surface area contributed by atoms with Gasteiger partial charge >= 0.3 is 11.7 Å². The van der Waals surface area contributed by atoms with Gasteiger partial charge in [0.25, 0.3) is 0 Å². The van der Waals surface area contributed by atoms with E-state index < -0.39 is 11.7 Å². The molecule has 180 valence electrons. The molecular formula is C26H35NO5S. The number of hydrogen-bond donors (Lipinski definition) is 1. The zero-order valence-corrected chi connectivity index (χ0v) is 21.1.